The predicted molar refractivity (Wildman–Crippen MR) is 94.2 cm³/mol. The predicted octanol–water partition coefficient (Wildman–Crippen LogP) is 2.90. The minimum atomic E-state index is -0.898. The SMILES string of the molecule is CC(C)(C)OC(=O)N1CCOCC1C(O)c1cnc2ccccc2c1. The van der Waals surface area contributed by atoms with Crippen LogP contribution in [0.5, 0.6) is 0 Å². The summed E-state index contributed by atoms with van der Waals surface area (Å²) in [4.78, 5) is 18.4. The Balaban J connectivity index is 1.84. The minimum absolute atomic E-state index is 0.257. The van der Waals surface area contributed by atoms with Crippen LogP contribution in [0.15, 0.2) is 36.5 Å². The number of para-hydroxylation sites is 1. The third kappa shape index (κ3) is 4.08. The lowest BCUT2D eigenvalue weighted by Gasteiger charge is -2.38. The summed E-state index contributed by atoms with van der Waals surface area (Å²) >= 11 is 0. The molecule has 0 bridgehead atoms. The first-order valence-corrected chi connectivity index (χ1v) is 8.45. The number of benzene rings is 1. The van der Waals surface area contributed by atoms with E-state index < -0.39 is 23.8 Å². The number of aliphatic hydroxyl groups excluding tert-OH is 1. The van der Waals surface area contributed by atoms with E-state index in [4.69, 9.17) is 9.47 Å². The maximum absolute atomic E-state index is 12.5. The van der Waals surface area contributed by atoms with Gasteiger partial charge in [0.25, 0.3) is 0 Å². The van der Waals surface area contributed by atoms with Gasteiger partial charge in [-0.3, -0.25) is 9.88 Å². The summed E-state index contributed by atoms with van der Waals surface area (Å²) in [6.45, 7) is 6.54. The number of pyridine rings is 1. The molecule has 1 saturated heterocycles. The summed E-state index contributed by atoms with van der Waals surface area (Å²) in [5.74, 6) is 0. The zero-order valence-corrected chi connectivity index (χ0v) is 14.8. The summed E-state index contributed by atoms with van der Waals surface area (Å²) in [7, 11) is 0. The molecule has 1 amide bonds. The molecule has 6 heteroatoms. The Labute approximate surface area is 147 Å². The molecule has 1 aromatic heterocycles. The van der Waals surface area contributed by atoms with E-state index in [1.54, 1.807) is 11.1 Å². The van der Waals surface area contributed by atoms with E-state index in [0.717, 1.165) is 10.9 Å². The fraction of sp³-hybridized carbons (Fsp3) is 0.474. The summed E-state index contributed by atoms with van der Waals surface area (Å²) < 4.78 is 11.0. The third-order valence-corrected chi connectivity index (χ3v) is 4.11. The van der Waals surface area contributed by atoms with Crippen molar-refractivity contribution in [3.05, 3.63) is 42.1 Å². The number of nitrogens with zero attached hydrogens (tertiary/aromatic N) is 2. The number of aromatic nitrogens is 1. The smallest absolute Gasteiger partial charge is 0.410 e. The zero-order valence-electron chi connectivity index (χ0n) is 14.8. The average Bonchev–Trinajstić information content (AvgIpc) is 2.59. The molecule has 1 N–H and O–H groups in total. The van der Waals surface area contributed by atoms with Crippen molar-refractivity contribution in [2.24, 2.45) is 0 Å². The maximum atomic E-state index is 12.5. The largest absolute Gasteiger partial charge is 0.444 e. The normalized spacial score (nSPS) is 19.7. The molecule has 134 valence electrons. The highest BCUT2D eigenvalue weighted by Crippen LogP contribution is 2.26. The molecule has 25 heavy (non-hydrogen) atoms. The van der Waals surface area contributed by atoms with Gasteiger partial charge in [0.05, 0.1) is 24.8 Å². The van der Waals surface area contributed by atoms with Crippen LogP contribution in [0.1, 0.15) is 32.4 Å². The molecular formula is C19H24N2O4. The molecule has 1 fully saturated rings. The number of aliphatic hydroxyl groups is 1. The monoisotopic (exact) mass is 344 g/mol. The Morgan fingerprint density at radius 3 is 2.92 bits per heavy atom. The van der Waals surface area contributed by atoms with E-state index in [-0.39, 0.29) is 6.61 Å². The molecule has 3 rings (SSSR count). The van der Waals surface area contributed by atoms with Gasteiger partial charge in [-0.05, 0) is 32.9 Å². The fourth-order valence-electron chi connectivity index (χ4n) is 2.90. The second kappa shape index (κ2) is 6.98. The van der Waals surface area contributed by atoms with Crippen LogP contribution in [0.25, 0.3) is 10.9 Å². The van der Waals surface area contributed by atoms with E-state index in [9.17, 15) is 9.90 Å². The van der Waals surface area contributed by atoms with Crippen LogP contribution in [-0.4, -0.2) is 52.5 Å². The molecule has 1 aliphatic heterocycles. The van der Waals surface area contributed by atoms with Crippen molar-refractivity contribution < 1.29 is 19.4 Å². The Morgan fingerprint density at radius 1 is 1.40 bits per heavy atom. The van der Waals surface area contributed by atoms with Crippen LogP contribution in [0.3, 0.4) is 0 Å². The van der Waals surface area contributed by atoms with E-state index in [0.29, 0.717) is 18.7 Å². The molecule has 2 atom stereocenters. The zero-order chi connectivity index (χ0) is 18.0. The quantitative estimate of drug-likeness (QED) is 0.907. The van der Waals surface area contributed by atoms with Crippen LogP contribution in [-0.2, 0) is 9.47 Å². The van der Waals surface area contributed by atoms with Gasteiger partial charge < -0.3 is 14.6 Å². The highest BCUT2D eigenvalue weighted by atomic mass is 16.6. The molecule has 6 nitrogen and oxygen atoms in total. The molecule has 2 heterocycles. The fourth-order valence-corrected chi connectivity index (χ4v) is 2.90. The number of amides is 1. The Morgan fingerprint density at radius 2 is 2.16 bits per heavy atom. The number of fused-ring (bicyclic) bond motifs is 1. The minimum Gasteiger partial charge on any atom is -0.444 e. The summed E-state index contributed by atoms with van der Waals surface area (Å²) in [5, 5.41) is 11.8. The topological polar surface area (TPSA) is 71.9 Å². The summed E-state index contributed by atoms with van der Waals surface area (Å²) in [6, 6.07) is 9.10. The van der Waals surface area contributed by atoms with Gasteiger partial charge in [0.1, 0.15) is 11.7 Å². The van der Waals surface area contributed by atoms with Gasteiger partial charge in [-0.25, -0.2) is 4.79 Å². The standard InChI is InChI=1S/C19H24N2O4/c1-19(2,3)25-18(23)21-8-9-24-12-16(21)17(22)14-10-13-6-4-5-7-15(13)20-11-14/h4-7,10-11,16-17,22H,8-9,12H2,1-3H3. The Kier molecular flexibility index (Phi) is 4.92. The highest BCUT2D eigenvalue weighted by Gasteiger charge is 2.36. The number of hydrogen-bond donors (Lipinski definition) is 1. The maximum Gasteiger partial charge on any atom is 0.410 e. The lowest BCUT2D eigenvalue weighted by Crippen LogP contribution is -2.52. The molecule has 0 aliphatic carbocycles. The number of morpholine rings is 1. The summed E-state index contributed by atoms with van der Waals surface area (Å²) in [5.41, 5.74) is 0.931. The van der Waals surface area contributed by atoms with Crippen molar-refractivity contribution in [3.63, 3.8) is 0 Å². The van der Waals surface area contributed by atoms with Gasteiger partial charge >= 0.3 is 6.09 Å². The van der Waals surface area contributed by atoms with Gasteiger partial charge in [-0.2, -0.15) is 0 Å². The van der Waals surface area contributed by atoms with Crippen molar-refractivity contribution in [2.45, 2.75) is 38.5 Å². The number of hydrogen-bond acceptors (Lipinski definition) is 5. The van der Waals surface area contributed by atoms with Gasteiger partial charge in [0.15, 0.2) is 0 Å². The molecular weight excluding hydrogens is 320 g/mol. The van der Waals surface area contributed by atoms with Gasteiger partial charge in [-0.1, -0.05) is 18.2 Å². The number of carbonyl (C=O) groups excluding carboxylic acids is 1. The van der Waals surface area contributed by atoms with E-state index in [1.165, 1.54) is 0 Å². The van der Waals surface area contributed by atoms with Crippen molar-refractivity contribution in [1.29, 1.82) is 0 Å². The molecule has 0 radical (unpaired) electrons. The molecule has 2 aromatic rings. The van der Waals surface area contributed by atoms with Crippen LogP contribution in [0.4, 0.5) is 4.79 Å². The third-order valence-electron chi connectivity index (χ3n) is 4.11. The number of carbonyl (C=O) groups is 1. The number of ether oxygens (including phenoxy) is 2. The van der Waals surface area contributed by atoms with Gasteiger partial charge in [-0.15, -0.1) is 0 Å². The van der Waals surface area contributed by atoms with Crippen molar-refractivity contribution in [2.75, 3.05) is 19.8 Å². The van der Waals surface area contributed by atoms with E-state index in [1.807, 2.05) is 51.1 Å². The van der Waals surface area contributed by atoms with Crippen LogP contribution < -0.4 is 0 Å². The second-order valence-electron chi connectivity index (χ2n) is 7.22. The average molecular weight is 344 g/mol. The van der Waals surface area contributed by atoms with Crippen molar-refractivity contribution in [3.8, 4) is 0 Å². The molecule has 0 saturated carbocycles. The molecule has 2 unspecified atom stereocenters. The molecule has 1 aliphatic rings. The second-order valence-corrected chi connectivity index (χ2v) is 7.22. The van der Waals surface area contributed by atoms with Gasteiger partial charge in [0.2, 0.25) is 0 Å². The van der Waals surface area contributed by atoms with E-state index in [2.05, 4.69) is 4.98 Å². The van der Waals surface area contributed by atoms with Crippen LogP contribution in [0, 0.1) is 0 Å². The van der Waals surface area contributed by atoms with Crippen molar-refractivity contribution >= 4 is 17.0 Å². The first-order chi connectivity index (χ1) is 11.8. The lowest BCUT2D eigenvalue weighted by molar-refractivity contribution is -0.0673. The van der Waals surface area contributed by atoms with Crippen LogP contribution >= 0.6 is 0 Å². The first kappa shape index (κ1) is 17.6. The van der Waals surface area contributed by atoms with Crippen molar-refractivity contribution in [1.82, 2.24) is 9.88 Å². The summed E-state index contributed by atoms with van der Waals surface area (Å²) in [6.07, 6.45) is 0.313. The van der Waals surface area contributed by atoms with Gasteiger partial charge in [0, 0.05) is 23.7 Å². The molecule has 0 spiro atoms. The Bertz CT molecular complexity index is 756. The highest BCUT2D eigenvalue weighted by molar-refractivity contribution is 5.78. The lowest BCUT2D eigenvalue weighted by atomic mass is 10.0. The number of rotatable bonds is 2. The van der Waals surface area contributed by atoms with E-state index >= 15 is 0 Å². The van der Waals surface area contributed by atoms with Crippen LogP contribution in [0.2, 0.25) is 0 Å². The molecule has 1 aromatic carbocycles. The Hall–Kier alpha value is -2.18. The first-order valence-electron chi connectivity index (χ1n) is 8.45.